The van der Waals surface area contributed by atoms with E-state index in [0.29, 0.717) is 17.9 Å². The van der Waals surface area contributed by atoms with E-state index >= 15 is 0 Å². The maximum atomic E-state index is 13.7. The Kier molecular flexibility index (Phi) is 7.04. The molecule has 0 unspecified atom stereocenters. The number of nitrogens with zero attached hydrogens (tertiary/aromatic N) is 6. The smallest absolute Gasteiger partial charge is 0.253 e. The first kappa shape index (κ1) is 25.8. The quantitative estimate of drug-likeness (QED) is 0.336. The molecule has 2 aromatic heterocycles. The summed E-state index contributed by atoms with van der Waals surface area (Å²) >= 11 is 0. The van der Waals surface area contributed by atoms with Crippen molar-refractivity contribution in [1.82, 2.24) is 30.1 Å². The summed E-state index contributed by atoms with van der Waals surface area (Å²) in [4.78, 5) is 21.5. The molecule has 3 aromatic carbocycles. The fourth-order valence-electron chi connectivity index (χ4n) is 5.71. The molecule has 1 aliphatic rings. The monoisotopic (exact) mass is 535 g/mol. The lowest BCUT2D eigenvalue weighted by Crippen LogP contribution is -2.49. The molecule has 6 rings (SSSR count). The zero-order valence-corrected chi connectivity index (χ0v) is 23.0. The number of H-pyrrole nitrogens is 1. The van der Waals surface area contributed by atoms with Crippen LogP contribution >= 0.6 is 0 Å². The van der Waals surface area contributed by atoms with E-state index in [9.17, 15) is 4.79 Å². The van der Waals surface area contributed by atoms with Gasteiger partial charge in [0.25, 0.3) is 5.56 Å². The number of pyridine rings is 1. The second-order valence-corrected chi connectivity index (χ2v) is 10.4. The Hall–Kier alpha value is -4.50. The number of ether oxygens (including phenoxy) is 1. The van der Waals surface area contributed by atoms with Gasteiger partial charge in [0.05, 0.1) is 19.2 Å². The lowest BCUT2D eigenvalue weighted by atomic mass is 10.00. The Balaban J connectivity index is 1.38. The highest BCUT2D eigenvalue weighted by molar-refractivity contribution is 5.83. The summed E-state index contributed by atoms with van der Waals surface area (Å²) in [6.07, 6.45) is 0. The molecule has 0 spiro atoms. The molecule has 0 amide bonds. The molecule has 1 atom stereocenters. The normalized spacial score (nSPS) is 14.9. The second kappa shape index (κ2) is 10.9. The number of hydrogen-bond donors (Lipinski definition) is 1. The van der Waals surface area contributed by atoms with Crippen LogP contribution in [0.1, 0.15) is 34.1 Å². The fourth-order valence-corrected chi connectivity index (χ4v) is 5.71. The van der Waals surface area contributed by atoms with Gasteiger partial charge in [0, 0.05) is 37.4 Å². The Bertz CT molecular complexity index is 1670. The average Bonchev–Trinajstić information content (AvgIpc) is 3.42. The fraction of sp³-hybridized carbons (Fsp3) is 0.290. The van der Waals surface area contributed by atoms with E-state index in [1.54, 1.807) is 7.11 Å². The number of hydrogen-bond acceptors (Lipinski definition) is 7. The summed E-state index contributed by atoms with van der Waals surface area (Å²) in [5, 5.41) is 13.9. The van der Waals surface area contributed by atoms with Gasteiger partial charge in [-0.15, -0.1) is 5.10 Å². The van der Waals surface area contributed by atoms with Crippen molar-refractivity contribution in [1.29, 1.82) is 0 Å². The van der Waals surface area contributed by atoms with Gasteiger partial charge in [-0.25, -0.2) is 4.68 Å². The number of rotatable bonds is 7. The van der Waals surface area contributed by atoms with Crippen molar-refractivity contribution in [2.75, 3.05) is 38.2 Å². The molecule has 1 fully saturated rings. The van der Waals surface area contributed by atoms with E-state index in [0.717, 1.165) is 65.2 Å². The van der Waals surface area contributed by atoms with Gasteiger partial charge < -0.3 is 14.6 Å². The predicted octanol–water partition coefficient (Wildman–Crippen LogP) is 4.10. The predicted molar refractivity (Wildman–Crippen MR) is 156 cm³/mol. The SMILES string of the molecule is COc1ccc(N2CCN([C@@H](c3cc4cc(C)cc(C)c4[nH]c3=O)c3nnnn3Cc3ccccc3)CC2)cc1. The van der Waals surface area contributed by atoms with Gasteiger partial charge >= 0.3 is 0 Å². The van der Waals surface area contributed by atoms with E-state index in [4.69, 9.17) is 4.74 Å². The third-order valence-corrected chi connectivity index (χ3v) is 7.71. The third-order valence-electron chi connectivity index (χ3n) is 7.71. The summed E-state index contributed by atoms with van der Waals surface area (Å²) in [6.45, 7) is 7.75. The van der Waals surface area contributed by atoms with Crippen LogP contribution in [0.15, 0.2) is 77.6 Å². The molecule has 0 saturated carbocycles. The number of fused-ring (bicyclic) bond motifs is 1. The molecule has 0 aliphatic carbocycles. The first-order chi connectivity index (χ1) is 19.5. The maximum absolute atomic E-state index is 13.7. The standard InChI is InChI=1S/C31H33N7O2/c1-21-17-22(2)28-24(18-21)19-27(31(39)32-28)29(30-33-34-35-38(30)20-23-7-5-4-6-8-23)37-15-13-36(14-16-37)25-9-11-26(40-3)12-10-25/h4-12,17-19,29H,13-16,20H2,1-3H3,(H,32,39)/t29-/m0/s1. The van der Waals surface area contributed by atoms with Crippen LogP contribution in [0.3, 0.4) is 0 Å². The van der Waals surface area contributed by atoms with Crippen molar-refractivity contribution >= 4 is 16.6 Å². The molecule has 3 heterocycles. The summed E-state index contributed by atoms with van der Waals surface area (Å²) < 4.78 is 7.15. The number of piperazine rings is 1. The summed E-state index contributed by atoms with van der Waals surface area (Å²) in [7, 11) is 1.68. The number of nitrogens with one attached hydrogen (secondary N) is 1. The summed E-state index contributed by atoms with van der Waals surface area (Å²) in [5.41, 5.74) is 5.86. The van der Waals surface area contributed by atoms with Gasteiger partial charge in [0.2, 0.25) is 0 Å². The number of aromatic amines is 1. The number of aromatic nitrogens is 5. The van der Waals surface area contributed by atoms with Crippen LogP contribution in [0.4, 0.5) is 5.69 Å². The van der Waals surface area contributed by atoms with E-state index in [1.807, 2.05) is 48.0 Å². The van der Waals surface area contributed by atoms with Crippen molar-refractivity contribution in [2.24, 2.45) is 0 Å². The van der Waals surface area contributed by atoms with E-state index in [2.05, 4.69) is 73.6 Å². The van der Waals surface area contributed by atoms with Crippen LogP contribution in [0.25, 0.3) is 10.9 Å². The molecule has 0 radical (unpaired) electrons. The van der Waals surface area contributed by atoms with Gasteiger partial charge in [0.15, 0.2) is 5.82 Å². The van der Waals surface area contributed by atoms with Crippen molar-refractivity contribution < 1.29 is 4.74 Å². The largest absolute Gasteiger partial charge is 0.497 e. The molecule has 1 saturated heterocycles. The van der Waals surface area contributed by atoms with Crippen LogP contribution in [-0.2, 0) is 6.54 Å². The van der Waals surface area contributed by atoms with Gasteiger partial charge in [-0.2, -0.15) is 0 Å². The Morgan fingerprint density at radius 2 is 1.70 bits per heavy atom. The lowest BCUT2D eigenvalue weighted by molar-refractivity contribution is 0.200. The molecule has 9 nitrogen and oxygen atoms in total. The van der Waals surface area contributed by atoms with Crippen LogP contribution in [-0.4, -0.2) is 63.4 Å². The summed E-state index contributed by atoms with van der Waals surface area (Å²) in [5.74, 6) is 1.50. The summed E-state index contributed by atoms with van der Waals surface area (Å²) in [6, 6.07) is 24.1. The molecule has 1 aliphatic heterocycles. The minimum atomic E-state index is -0.398. The molecule has 5 aromatic rings. The zero-order valence-electron chi connectivity index (χ0n) is 23.0. The van der Waals surface area contributed by atoms with Crippen molar-refractivity contribution in [3.8, 4) is 5.75 Å². The minimum Gasteiger partial charge on any atom is -0.497 e. The van der Waals surface area contributed by atoms with Crippen LogP contribution in [0, 0.1) is 13.8 Å². The molecule has 0 bridgehead atoms. The van der Waals surface area contributed by atoms with Crippen LogP contribution in [0.5, 0.6) is 5.75 Å². The van der Waals surface area contributed by atoms with E-state index < -0.39 is 6.04 Å². The molecular formula is C31H33N7O2. The van der Waals surface area contributed by atoms with Crippen molar-refractivity contribution in [3.05, 3.63) is 111 Å². The molecule has 40 heavy (non-hydrogen) atoms. The molecular weight excluding hydrogens is 502 g/mol. The van der Waals surface area contributed by atoms with Gasteiger partial charge in [-0.05, 0) is 77.2 Å². The van der Waals surface area contributed by atoms with Gasteiger partial charge in [0.1, 0.15) is 11.8 Å². The number of aryl methyl sites for hydroxylation is 2. The first-order valence-corrected chi connectivity index (χ1v) is 13.6. The highest BCUT2D eigenvalue weighted by Gasteiger charge is 2.33. The first-order valence-electron chi connectivity index (χ1n) is 13.6. The Morgan fingerprint density at radius 3 is 2.42 bits per heavy atom. The Labute approximate surface area is 233 Å². The highest BCUT2D eigenvalue weighted by Crippen LogP contribution is 2.30. The van der Waals surface area contributed by atoms with Crippen molar-refractivity contribution in [3.63, 3.8) is 0 Å². The minimum absolute atomic E-state index is 0.115. The van der Waals surface area contributed by atoms with E-state index in [1.165, 1.54) is 0 Å². The second-order valence-electron chi connectivity index (χ2n) is 10.4. The van der Waals surface area contributed by atoms with Crippen LogP contribution < -0.4 is 15.2 Å². The number of anilines is 1. The van der Waals surface area contributed by atoms with Gasteiger partial charge in [-0.1, -0.05) is 42.0 Å². The molecule has 9 heteroatoms. The van der Waals surface area contributed by atoms with Gasteiger partial charge in [-0.3, -0.25) is 9.69 Å². The number of benzene rings is 3. The van der Waals surface area contributed by atoms with E-state index in [-0.39, 0.29) is 5.56 Å². The Morgan fingerprint density at radius 1 is 0.950 bits per heavy atom. The molecule has 1 N–H and O–H groups in total. The topological polar surface area (TPSA) is 92.2 Å². The lowest BCUT2D eigenvalue weighted by Gasteiger charge is -2.39. The highest BCUT2D eigenvalue weighted by atomic mass is 16.5. The number of tetrazole rings is 1. The van der Waals surface area contributed by atoms with Crippen LogP contribution in [0.2, 0.25) is 0 Å². The zero-order chi connectivity index (χ0) is 27.6. The molecule has 204 valence electrons. The number of methoxy groups -OCH3 is 1. The average molecular weight is 536 g/mol. The maximum Gasteiger partial charge on any atom is 0.253 e. The van der Waals surface area contributed by atoms with Crippen molar-refractivity contribution in [2.45, 2.75) is 26.4 Å². The third kappa shape index (κ3) is 5.08.